The van der Waals surface area contributed by atoms with Crippen molar-refractivity contribution in [3.05, 3.63) is 63.9 Å². The first-order valence-corrected chi connectivity index (χ1v) is 9.27. The van der Waals surface area contributed by atoms with Crippen molar-refractivity contribution in [3.8, 4) is 0 Å². The minimum Gasteiger partial charge on any atom is -0.302 e. The van der Waals surface area contributed by atoms with Gasteiger partial charge in [-0.1, -0.05) is 29.8 Å². The molecule has 0 atom stereocenters. The Labute approximate surface area is 155 Å². The summed E-state index contributed by atoms with van der Waals surface area (Å²) in [4.78, 5) is 17.4. The Morgan fingerprint density at radius 2 is 2.24 bits per heavy atom. The van der Waals surface area contributed by atoms with E-state index in [0.29, 0.717) is 18.0 Å². The van der Waals surface area contributed by atoms with E-state index < -0.39 is 0 Å². The number of benzene rings is 1. The Bertz CT molecular complexity index is 845. The largest absolute Gasteiger partial charge is 0.302 e. The summed E-state index contributed by atoms with van der Waals surface area (Å²) < 4.78 is 1.82. The van der Waals surface area contributed by atoms with E-state index in [1.165, 1.54) is 11.3 Å². The average molecular weight is 375 g/mol. The normalized spacial score (nSPS) is 10.8. The lowest BCUT2D eigenvalue weighted by Crippen LogP contribution is -2.12. The van der Waals surface area contributed by atoms with Gasteiger partial charge in [0.05, 0.1) is 0 Å². The first-order chi connectivity index (χ1) is 12.1. The molecule has 2 heterocycles. The molecule has 130 valence electrons. The van der Waals surface area contributed by atoms with Crippen molar-refractivity contribution in [2.45, 2.75) is 32.7 Å². The number of halogens is 1. The zero-order valence-corrected chi connectivity index (χ0v) is 15.5. The summed E-state index contributed by atoms with van der Waals surface area (Å²) in [5, 5.41) is 8.40. The third-order valence-electron chi connectivity index (χ3n) is 3.79. The third-order valence-corrected chi connectivity index (χ3v) is 5.24. The molecule has 0 aliphatic rings. The summed E-state index contributed by atoms with van der Waals surface area (Å²) in [5.74, 6) is -0.0263. The molecule has 5 nitrogen and oxygen atoms in total. The molecule has 25 heavy (non-hydrogen) atoms. The molecule has 0 aliphatic carbocycles. The van der Waals surface area contributed by atoms with Gasteiger partial charge in [0.15, 0.2) is 5.13 Å². The van der Waals surface area contributed by atoms with E-state index in [1.54, 1.807) is 12.4 Å². The topological polar surface area (TPSA) is 59.8 Å². The van der Waals surface area contributed by atoms with Crippen LogP contribution in [0.4, 0.5) is 5.13 Å². The minimum absolute atomic E-state index is 0.0263. The number of aryl methyl sites for hydroxylation is 2. The molecule has 3 rings (SSSR count). The summed E-state index contributed by atoms with van der Waals surface area (Å²) in [5.41, 5.74) is 2.14. The second-order valence-electron chi connectivity index (χ2n) is 5.78. The Balaban J connectivity index is 1.51. The monoisotopic (exact) mass is 374 g/mol. The fourth-order valence-corrected chi connectivity index (χ4v) is 3.54. The number of amides is 1. The molecule has 0 bridgehead atoms. The summed E-state index contributed by atoms with van der Waals surface area (Å²) >= 11 is 7.82. The van der Waals surface area contributed by atoms with Crippen LogP contribution in [-0.2, 0) is 17.8 Å². The molecule has 0 saturated carbocycles. The van der Waals surface area contributed by atoms with Crippen LogP contribution in [0.25, 0.3) is 0 Å². The van der Waals surface area contributed by atoms with Crippen LogP contribution in [0.3, 0.4) is 0 Å². The molecule has 3 aromatic rings. The third kappa shape index (κ3) is 4.90. The fourth-order valence-electron chi connectivity index (χ4n) is 2.50. The molecule has 0 saturated heterocycles. The van der Waals surface area contributed by atoms with Crippen molar-refractivity contribution in [1.29, 1.82) is 0 Å². The van der Waals surface area contributed by atoms with Crippen molar-refractivity contribution in [2.24, 2.45) is 0 Å². The molecule has 7 heteroatoms. The van der Waals surface area contributed by atoms with Gasteiger partial charge in [-0.15, -0.1) is 11.3 Å². The van der Waals surface area contributed by atoms with Crippen LogP contribution in [0.2, 0.25) is 5.02 Å². The standard InChI is InChI=1S/C18H19ClN4OS/c1-13-5-2-6-14(17(13)19)11-15-12-20-18(25-15)22-16(24)7-3-9-23-10-4-8-21-23/h2,4-6,8,10,12H,3,7,9,11H2,1H3,(H,20,22,24). The number of carbonyl (C=O) groups excluding carboxylic acids is 1. The van der Waals surface area contributed by atoms with Crippen molar-refractivity contribution in [3.63, 3.8) is 0 Å². The lowest BCUT2D eigenvalue weighted by atomic mass is 10.1. The van der Waals surface area contributed by atoms with Gasteiger partial charge < -0.3 is 5.32 Å². The molecule has 0 fully saturated rings. The van der Waals surface area contributed by atoms with Gasteiger partial charge in [-0.3, -0.25) is 9.48 Å². The smallest absolute Gasteiger partial charge is 0.226 e. The van der Waals surface area contributed by atoms with E-state index >= 15 is 0 Å². The summed E-state index contributed by atoms with van der Waals surface area (Å²) in [6.07, 6.45) is 7.32. The van der Waals surface area contributed by atoms with Crippen LogP contribution in [0.15, 0.2) is 42.9 Å². The van der Waals surface area contributed by atoms with Crippen LogP contribution < -0.4 is 5.32 Å². The maximum absolute atomic E-state index is 12.0. The molecule has 0 unspecified atom stereocenters. The van der Waals surface area contributed by atoms with Crippen LogP contribution >= 0.6 is 22.9 Å². The van der Waals surface area contributed by atoms with E-state index in [2.05, 4.69) is 15.4 Å². The quantitative estimate of drug-likeness (QED) is 0.670. The lowest BCUT2D eigenvalue weighted by Gasteiger charge is -2.04. The number of hydrogen-bond donors (Lipinski definition) is 1. The van der Waals surface area contributed by atoms with Crippen LogP contribution in [0.1, 0.15) is 28.8 Å². The summed E-state index contributed by atoms with van der Waals surface area (Å²) in [6, 6.07) is 7.88. The number of thiazole rings is 1. The van der Waals surface area contributed by atoms with Gasteiger partial charge in [-0.05, 0) is 30.5 Å². The molecule has 2 aromatic heterocycles. The zero-order valence-electron chi connectivity index (χ0n) is 13.9. The maximum Gasteiger partial charge on any atom is 0.226 e. The number of nitrogens with zero attached hydrogens (tertiary/aromatic N) is 3. The highest BCUT2D eigenvalue weighted by Crippen LogP contribution is 2.26. The van der Waals surface area contributed by atoms with Gasteiger partial charge in [0, 0.05) is 47.9 Å². The molecule has 1 aromatic carbocycles. The Hall–Kier alpha value is -2.18. The molecule has 0 radical (unpaired) electrons. The van der Waals surface area contributed by atoms with Crippen molar-refractivity contribution in [1.82, 2.24) is 14.8 Å². The Kier molecular flexibility index (Phi) is 5.83. The molecule has 0 aliphatic heterocycles. The first kappa shape index (κ1) is 17.6. The van der Waals surface area contributed by atoms with Crippen LogP contribution in [-0.4, -0.2) is 20.7 Å². The zero-order chi connectivity index (χ0) is 17.6. The van der Waals surface area contributed by atoms with Crippen LogP contribution in [0, 0.1) is 6.92 Å². The number of carbonyl (C=O) groups is 1. The number of anilines is 1. The fraction of sp³-hybridized carbons (Fsp3) is 0.278. The van der Waals surface area contributed by atoms with Crippen molar-refractivity contribution in [2.75, 3.05) is 5.32 Å². The van der Waals surface area contributed by atoms with Gasteiger partial charge >= 0.3 is 0 Å². The highest BCUT2D eigenvalue weighted by atomic mass is 35.5. The van der Waals surface area contributed by atoms with E-state index in [0.717, 1.165) is 34.0 Å². The predicted octanol–water partition coefficient (Wildman–Crippen LogP) is 4.31. The van der Waals surface area contributed by atoms with Crippen molar-refractivity contribution < 1.29 is 4.79 Å². The molecular weight excluding hydrogens is 356 g/mol. The molecule has 1 N–H and O–H groups in total. The molecule has 1 amide bonds. The Morgan fingerprint density at radius 1 is 1.36 bits per heavy atom. The number of aromatic nitrogens is 3. The van der Waals surface area contributed by atoms with E-state index in [4.69, 9.17) is 11.6 Å². The van der Waals surface area contributed by atoms with E-state index in [9.17, 15) is 4.79 Å². The highest BCUT2D eigenvalue weighted by molar-refractivity contribution is 7.15. The van der Waals surface area contributed by atoms with E-state index in [-0.39, 0.29) is 5.91 Å². The SMILES string of the molecule is Cc1cccc(Cc2cnc(NC(=O)CCCn3cccn3)s2)c1Cl. The second-order valence-corrected chi connectivity index (χ2v) is 7.27. The summed E-state index contributed by atoms with van der Waals surface area (Å²) in [6.45, 7) is 2.73. The summed E-state index contributed by atoms with van der Waals surface area (Å²) in [7, 11) is 0. The first-order valence-electron chi connectivity index (χ1n) is 8.08. The minimum atomic E-state index is -0.0263. The van der Waals surface area contributed by atoms with Gasteiger partial charge in [0.25, 0.3) is 0 Å². The number of rotatable bonds is 7. The molecule has 0 spiro atoms. The highest BCUT2D eigenvalue weighted by Gasteiger charge is 2.09. The second kappa shape index (κ2) is 8.27. The predicted molar refractivity (Wildman–Crippen MR) is 101 cm³/mol. The van der Waals surface area contributed by atoms with Gasteiger partial charge in [0.2, 0.25) is 5.91 Å². The maximum atomic E-state index is 12.0. The van der Waals surface area contributed by atoms with Gasteiger partial charge in [-0.2, -0.15) is 5.10 Å². The average Bonchev–Trinajstić information content (AvgIpc) is 3.24. The number of hydrogen-bond acceptors (Lipinski definition) is 4. The van der Waals surface area contributed by atoms with Gasteiger partial charge in [-0.25, -0.2) is 4.98 Å². The van der Waals surface area contributed by atoms with Crippen molar-refractivity contribution >= 4 is 34.0 Å². The Morgan fingerprint density at radius 3 is 3.04 bits per heavy atom. The molecular formula is C18H19ClN4OS. The lowest BCUT2D eigenvalue weighted by molar-refractivity contribution is -0.116. The number of nitrogens with one attached hydrogen (secondary N) is 1. The van der Waals surface area contributed by atoms with Crippen LogP contribution in [0.5, 0.6) is 0 Å². The van der Waals surface area contributed by atoms with Gasteiger partial charge in [0.1, 0.15) is 0 Å². The van der Waals surface area contributed by atoms with E-state index in [1.807, 2.05) is 42.1 Å².